The standard InChI is InChI=1S/C11H19NO2/c1-11(2)13-9-7-12-6-4-3-5-8(12)10(9)14-11/h8-10H,3-7H2,1-2H3/t8-,9+,10-/m0/s1. The van der Waals surface area contributed by atoms with Gasteiger partial charge in [0.05, 0.1) is 0 Å². The lowest BCUT2D eigenvalue weighted by atomic mass is 10.0. The van der Waals surface area contributed by atoms with Gasteiger partial charge in [-0.3, -0.25) is 4.90 Å². The van der Waals surface area contributed by atoms with E-state index in [9.17, 15) is 0 Å². The predicted octanol–water partition coefficient (Wildman–Crippen LogP) is 1.37. The average molecular weight is 197 g/mol. The van der Waals surface area contributed by atoms with E-state index in [2.05, 4.69) is 4.90 Å². The van der Waals surface area contributed by atoms with Crippen LogP contribution in [0.15, 0.2) is 0 Å². The molecule has 0 bridgehead atoms. The van der Waals surface area contributed by atoms with Crippen molar-refractivity contribution in [2.75, 3.05) is 13.1 Å². The molecule has 3 rings (SSSR count). The van der Waals surface area contributed by atoms with Gasteiger partial charge < -0.3 is 9.47 Å². The maximum Gasteiger partial charge on any atom is 0.163 e. The Morgan fingerprint density at radius 2 is 2.07 bits per heavy atom. The highest BCUT2D eigenvalue weighted by Gasteiger charge is 2.52. The molecule has 0 radical (unpaired) electrons. The highest BCUT2D eigenvalue weighted by molar-refractivity contribution is 5.00. The van der Waals surface area contributed by atoms with Crippen molar-refractivity contribution in [3.8, 4) is 0 Å². The number of hydrogen-bond donors (Lipinski definition) is 0. The molecule has 3 atom stereocenters. The van der Waals surface area contributed by atoms with Gasteiger partial charge in [-0.1, -0.05) is 6.42 Å². The number of nitrogens with zero attached hydrogens (tertiary/aromatic N) is 1. The Bertz CT molecular complexity index is 241. The fraction of sp³-hybridized carbons (Fsp3) is 1.00. The summed E-state index contributed by atoms with van der Waals surface area (Å²) < 4.78 is 11.9. The third kappa shape index (κ3) is 1.30. The van der Waals surface area contributed by atoms with E-state index in [1.807, 2.05) is 13.8 Å². The lowest BCUT2D eigenvalue weighted by molar-refractivity contribution is -0.163. The molecular formula is C11H19NO2. The normalized spacial score (nSPS) is 46.3. The first kappa shape index (κ1) is 9.13. The maximum atomic E-state index is 5.98. The summed E-state index contributed by atoms with van der Waals surface area (Å²) in [5.74, 6) is -0.348. The summed E-state index contributed by atoms with van der Waals surface area (Å²) in [5.41, 5.74) is 0. The number of hydrogen-bond acceptors (Lipinski definition) is 3. The molecular weight excluding hydrogens is 178 g/mol. The van der Waals surface area contributed by atoms with Gasteiger partial charge in [-0.2, -0.15) is 0 Å². The van der Waals surface area contributed by atoms with Crippen molar-refractivity contribution in [1.82, 2.24) is 4.90 Å². The van der Waals surface area contributed by atoms with Crippen molar-refractivity contribution in [3.63, 3.8) is 0 Å². The monoisotopic (exact) mass is 197 g/mol. The van der Waals surface area contributed by atoms with Crippen LogP contribution in [-0.4, -0.2) is 42.0 Å². The Hall–Kier alpha value is -0.120. The van der Waals surface area contributed by atoms with E-state index in [4.69, 9.17) is 9.47 Å². The number of ether oxygens (including phenoxy) is 2. The quantitative estimate of drug-likeness (QED) is 0.585. The van der Waals surface area contributed by atoms with E-state index in [1.165, 1.54) is 25.8 Å². The van der Waals surface area contributed by atoms with Crippen molar-refractivity contribution in [2.45, 2.75) is 57.1 Å². The van der Waals surface area contributed by atoms with Gasteiger partial charge in [-0.25, -0.2) is 0 Å². The van der Waals surface area contributed by atoms with Gasteiger partial charge in [0.1, 0.15) is 12.2 Å². The van der Waals surface area contributed by atoms with Gasteiger partial charge in [0.2, 0.25) is 0 Å². The zero-order valence-electron chi connectivity index (χ0n) is 9.03. The summed E-state index contributed by atoms with van der Waals surface area (Å²) in [7, 11) is 0. The summed E-state index contributed by atoms with van der Waals surface area (Å²) in [6.45, 7) is 6.38. The van der Waals surface area contributed by atoms with Crippen LogP contribution in [0.25, 0.3) is 0 Å². The van der Waals surface area contributed by atoms with Crippen molar-refractivity contribution >= 4 is 0 Å². The van der Waals surface area contributed by atoms with Gasteiger partial charge in [0.25, 0.3) is 0 Å². The molecule has 3 fully saturated rings. The van der Waals surface area contributed by atoms with E-state index in [0.29, 0.717) is 18.2 Å². The predicted molar refractivity (Wildman–Crippen MR) is 53.0 cm³/mol. The fourth-order valence-corrected chi connectivity index (χ4v) is 3.18. The Balaban J connectivity index is 1.78. The van der Waals surface area contributed by atoms with Crippen molar-refractivity contribution in [2.24, 2.45) is 0 Å². The Labute approximate surface area is 85.4 Å². The molecule has 0 amide bonds. The molecule has 14 heavy (non-hydrogen) atoms. The summed E-state index contributed by atoms with van der Waals surface area (Å²) in [6, 6.07) is 0.635. The smallest absolute Gasteiger partial charge is 0.163 e. The van der Waals surface area contributed by atoms with Crippen LogP contribution in [0.2, 0.25) is 0 Å². The average Bonchev–Trinajstić information content (AvgIpc) is 2.56. The van der Waals surface area contributed by atoms with E-state index >= 15 is 0 Å². The van der Waals surface area contributed by atoms with Gasteiger partial charge in [-0.05, 0) is 33.2 Å². The maximum absolute atomic E-state index is 5.98. The second-order valence-corrected chi connectivity index (χ2v) is 5.20. The molecule has 0 spiro atoms. The van der Waals surface area contributed by atoms with Crippen molar-refractivity contribution < 1.29 is 9.47 Å². The molecule has 0 N–H and O–H groups in total. The van der Waals surface area contributed by atoms with E-state index < -0.39 is 0 Å². The SMILES string of the molecule is CC1(C)O[C@@H]2[C@@H](CN3CCCC[C@@H]23)O1. The number of piperidine rings is 1. The number of rotatable bonds is 0. The third-order valence-corrected chi connectivity index (χ3v) is 3.68. The third-order valence-electron chi connectivity index (χ3n) is 3.68. The van der Waals surface area contributed by atoms with Crippen LogP contribution in [0.5, 0.6) is 0 Å². The minimum atomic E-state index is -0.348. The molecule has 0 saturated carbocycles. The Morgan fingerprint density at radius 3 is 2.93 bits per heavy atom. The first-order valence-electron chi connectivity index (χ1n) is 5.75. The van der Waals surface area contributed by atoms with Crippen LogP contribution in [0.3, 0.4) is 0 Å². The van der Waals surface area contributed by atoms with Crippen LogP contribution >= 0.6 is 0 Å². The Morgan fingerprint density at radius 1 is 1.21 bits per heavy atom. The van der Waals surface area contributed by atoms with Crippen LogP contribution in [0.1, 0.15) is 33.1 Å². The lowest BCUT2D eigenvalue weighted by Gasteiger charge is -2.33. The highest BCUT2D eigenvalue weighted by atomic mass is 16.8. The molecule has 0 unspecified atom stereocenters. The van der Waals surface area contributed by atoms with Gasteiger partial charge >= 0.3 is 0 Å². The minimum Gasteiger partial charge on any atom is -0.343 e. The highest BCUT2D eigenvalue weighted by Crippen LogP contribution is 2.39. The second-order valence-electron chi connectivity index (χ2n) is 5.20. The molecule has 3 aliphatic heterocycles. The molecule has 3 heteroatoms. The number of fused-ring (bicyclic) bond motifs is 3. The van der Waals surface area contributed by atoms with Crippen molar-refractivity contribution in [1.29, 1.82) is 0 Å². The van der Waals surface area contributed by atoms with Crippen molar-refractivity contribution in [3.05, 3.63) is 0 Å². The fourth-order valence-electron chi connectivity index (χ4n) is 3.18. The Kier molecular flexibility index (Phi) is 1.92. The molecule has 3 heterocycles. The largest absolute Gasteiger partial charge is 0.343 e. The minimum absolute atomic E-state index is 0.327. The summed E-state index contributed by atoms with van der Waals surface area (Å²) >= 11 is 0. The summed E-state index contributed by atoms with van der Waals surface area (Å²) in [6.07, 6.45) is 4.66. The van der Waals surface area contributed by atoms with E-state index in [-0.39, 0.29) is 5.79 Å². The molecule has 3 saturated heterocycles. The van der Waals surface area contributed by atoms with Gasteiger partial charge in [0, 0.05) is 12.6 Å². The summed E-state index contributed by atoms with van der Waals surface area (Å²) in [4.78, 5) is 2.55. The second kappa shape index (κ2) is 2.94. The molecule has 3 aliphatic rings. The van der Waals surface area contributed by atoms with Crippen LogP contribution < -0.4 is 0 Å². The molecule has 0 aromatic rings. The first-order chi connectivity index (χ1) is 6.66. The zero-order chi connectivity index (χ0) is 9.76. The van der Waals surface area contributed by atoms with Gasteiger partial charge in [0.15, 0.2) is 5.79 Å². The summed E-state index contributed by atoms with van der Waals surface area (Å²) in [5, 5.41) is 0. The molecule has 3 nitrogen and oxygen atoms in total. The molecule has 0 aromatic heterocycles. The van der Waals surface area contributed by atoms with Crippen LogP contribution in [0, 0.1) is 0 Å². The van der Waals surface area contributed by atoms with Crippen LogP contribution in [-0.2, 0) is 9.47 Å². The van der Waals surface area contributed by atoms with Gasteiger partial charge in [-0.15, -0.1) is 0 Å². The molecule has 80 valence electrons. The topological polar surface area (TPSA) is 21.7 Å². The van der Waals surface area contributed by atoms with Crippen LogP contribution in [0.4, 0.5) is 0 Å². The molecule has 0 aliphatic carbocycles. The van der Waals surface area contributed by atoms with E-state index in [0.717, 1.165) is 6.54 Å². The molecule has 0 aromatic carbocycles. The zero-order valence-corrected chi connectivity index (χ0v) is 9.03. The first-order valence-corrected chi connectivity index (χ1v) is 5.75. The lowest BCUT2D eigenvalue weighted by Crippen LogP contribution is -2.41. The van der Waals surface area contributed by atoms with E-state index in [1.54, 1.807) is 0 Å².